The summed E-state index contributed by atoms with van der Waals surface area (Å²) in [5.74, 6) is 0.382. The van der Waals surface area contributed by atoms with E-state index in [-0.39, 0.29) is 16.4 Å². The van der Waals surface area contributed by atoms with Gasteiger partial charge in [0.1, 0.15) is 6.33 Å². The van der Waals surface area contributed by atoms with Crippen LogP contribution in [0.2, 0.25) is 0 Å². The summed E-state index contributed by atoms with van der Waals surface area (Å²) >= 11 is 0. The standard InChI is InChI=1S/C19H26N6O4S/c1-3-24(4-2)30(28,29)16-10-8-15(9-11-16)22-18-17(25(26)27)19(21-14-20-18)23-12-6-5-7-13-23/h8-11,14H,3-7,12-13H2,1-2H3,(H,20,21,22). The lowest BCUT2D eigenvalue weighted by Crippen LogP contribution is -2.31. The maximum Gasteiger partial charge on any atom is 0.353 e. The van der Waals surface area contributed by atoms with Gasteiger partial charge in [-0.3, -0.25) is 10.1 Å². The topological polar surface area (TPSA) is 122 Å². The lowest BCUT2D eigenvalue weighted by atomic mass is 10.1. The summed E-state index contributed by atoms with van der Waals surface area (Å²) in [6.07, 6.45) is 4.33. The summed E-state index contributed by atoms with van der Waals surface area (Å²) in [6.45, 7) is 5.76. The molecule has 162 valence electrons. The fourth-order valence-corrected chi connectivity index (χ4v) is 4.98. The zero-order chi connectivity index (χ0) is 21.7. The zero-order valence-electron chi connectivity index (χ0n) is 17.1. The van der Waals surface area contributed by atoms with Crippen molar-refractivity contribution in [3.05, 3.63) is 40.7 Å². The molecule has 3 rings (SSSR count). The van der Waals surface area contributed by atoms with Crippen LogP contribution in [0, 0.1) is 10.1 Å². The predicted molar refractivity (Wildman–Crippen MR) is 115 cm³/mol. The average molecular weight is 435 g/mol. The molecular formula is C19H26N6O4S. The van der Waals surface area contributed by atoms with Gasteiger partial charge in [0.2, 0.25) is 21.7 Å². The molecule has 2 heterocycles. The normalized spacial score (nSPS) is 14.7. The highest BCUT2D eigenvalue weighted by atomic mass is 32.2. The van der Waals surface area contributed by atoms with Crippen molar-refractivity contribution in [2.24, 2.45) is 0 Å². The van der Waals surface area contributed by atoms with Crippen LogP contribution in [0.15, 0.2) is 35.5 Å². The molecule has 11 heteroatoms. The second-order valence-electron chi connectivity index (χ2n) is 6.94. The zero-order valence-corrected chi connectivity index (χ0v) is 17.9. The molecule has 1 N–H and O–H groups in total. The van der Waals surface area contributed by atoms with Crippen LogP contribution in [-0.2, 0) is 10.0 Å². The summed E-state index contributed by atoms with van der Waals surface area (Å²) in [5.41, 5.74) is 0.319. The van der Waals surface area contributed by atoms with Gasteiger partial charge in [-0.1, -0.05) is 13.8 Å². The minimum atomic E-state index is -3.57. The summed E-state index contributed by atoms with van der Waals surface area (Å²) in [4.78, 5) is 21.6. The number of piperidine rings is 1. The first-order chi connectivity index (χ1) is 14.4. The molecule has 1 aliphatic heterocycles. The molecule has 1 fully saturated rings. The summed E-state index contributed by atoms with van der Waals surface area (Å²) in [7, 11) is -3.57. The Kier molecular flexibility index (Phi) is 6.83. The van der Waals surface area contributed by atoms with E-state index in [2.05, 4.69) is 15.3 Å². The van der Waals surface area contributed by atoms with Crippen LogP contribution in [0.3, 0.4) is 0 Å². The van der Waals surface area contributed by atoms with Crippen molar-refractivity contribution in [1.82, 2.24) is 14.3 Å². The van der Waals surface area contributed by atoms with Gasteiger partial charge < -0.3 is 10.2 Å². The molecule has 0 unspecified atom stereocenters. The summed E-state index contributed by atoms with van der Waals surface area (Å²) in [5, 5.41) is 14.7. The van der Waals surface area contributed by atoms with Gasteiger partial charge in [-0.25, -0.2) is 18.4 Å². The molecule has 1 aromatic heterocycles. The van der Waals surface area contributed by atoms with Crippen molar-refractivity contribution < 1.29 is 13.3 Å². The van der Waals surface area contributed by atoms with Crippen molar-refractivity contribution in [3.63, 3.8) is 0 Å². The molecule has 2 aromatic rings. The molecule has 1 saturated heterocycles. The van der Waals surface area contributed by atoms with Crippen molar-refractivity contribution in [2.45, 2.75) is 38.0 Å². The smallest absolute Gasteiger partial charge is 0.351 e. The van der Waals surface area contributed by atoms with E-state index in [1.54, 1.807) is 26.0 Å². The lowest BCUT2D eigenvalue weighted by molar-refractivity contribution is -0.383. The van der Waals surface area contributed by atoms with Gasteiger partial charge in [0, 0.05) is 31.9 Å². The van der Waals surface area contributed by atoms with Crippen LogP contribution in [-0.4, -0.2) is 53.8 Å². The number of nitrogens with zero attached hydrogens (tertiary/aromatic N) is 5. The first kappa shape index (κ1) is 21.9. The van der Waals surface area contributed by atoms with Gasteiger partial charge in [0.15, 0.2) is 0 Å². The Hall–Kier alpha value is -2.79. The second-order valence-corrected chi connectivity index (χ2v) is 8.88. The molecular weight excluding hydrogens is 408 g/mol. The van der Waals surface area contributed by atoms with Crippen molar-refractivity contribution in [1.29, 1.82) is 0 Å². The van der Waals surface area contributed by atoms with E-state index < -0.39 is 14.9 Å². The summed E-state index contributed by atoms with van der Waals surface area (Å²) in [6, 6.07) is 6.11. The van der Waals surface area contributed by atoms with Crippen LogP contribution < -0.4 is 10.2 Å². The van der Waals surface area contributed by atoms with E-state index in [1.807, 2.05) is 4.90 Å². The van der Waals surface area contributed by atoms with E-state index in [1.165, 1.54) is 22.8 Å². The molecule has 0 radical (unpaired) electrons. The molecule has 0 saturated carbocycles. The number of rotatable bonds is 8. The number of benzene rings is 1. The van der Waals surface area contributed by atoms with E-state index in [4.69, 9.17) is 0 Å². The minimum absolute atomic E-state index is 0.0786. The Morgan fingerprint density at radius 2 is 1.73 bits per heavy atom. The third kappa shape index (κ3) is 4.51. The fraction of sp³-hybridized carbons (Fsp3) is 0.474. The van der Waals surface area contributed by atoms with Gasteiger partial charge >= 0.3 is 5.69 Å². The molecule has 30 heavy (non-hydrogen) atoms. The Morgan fingerprint density at radius 1 is 1.10 bits per heavy atom. The van der Waals surface area contributed by atoms with Gasteiger partial charge in [0.25, 0.3) is 0 Å². The van der Waals surface area contributed by atoms with Crippen molar-refractivity contribution in [3.8, 4) is 0 Å². The molecule has 0 bridgehead atoms. The van der Waals surface area contributed by atoms with E-state index in [0.29, 0.717) is 24.6 Å². The van der Waals surface area contributed by atoms with Gasteiger partial charge in [-0.05, 0) is 43.5 Å². The number of nitro groups is 1. The average Bonchev–Trinajstić information content (AvgIpc) is 2.75. The Balaban J connectivity index is 1.88. The number of aromatic nitrogens is 2. The first-order valence-corrected chi connectivity index (χ1v) is 11.4. The maximum atomic E-state index is 12.6. The largest absolute Gasteiger partial charge is 0.353 e. The molecule has 0 atom stereocenters. The molecule has 0 aliphatic carbocycles. The van der Waals surface area contributed by atoms with Gasteiger partial charge in [0.05, 0.1) is 9.82 Å². The number of nitrogens with one attached hydrogen (secondary N) is 1. The van der Waals surface area contributed by atoms with Crippen LogP contribution in [0.25, 0.3) is 0 Å². The highest BCUT2D eigenvalue weighted by molar-refractivity contribution is 7.89. The number of anilines is 3. The van der Waals surface area contributed by atoms with Crippen LogP contribution in [0.4, 0.5) is 23.0 Å². The number of hydrogen-bond donors (Lipinski definition) is 1. The number of hydrogen-bond acceptors (Lipinski definition) is 8. The molecule has 1 aliphatic rings. The van der Waals surface area contributed by atoms with Crippen molar-refractivity contribution in [2.75, 3.05) is 36.4 Å². The lowest BCUT2D eigenvalue weighted by Gasteiger charge is -2.27. The van der Waals surface area contributed by atoms with Crippen LogP contribution in [0.5, 0.6) is 0 Å². The highest BCUT2D eigenvalue weighted by Gasteiger charge is 2.28. The third-order valence-corrected chi connectivity index (χ3v) is 7.17. The SMILES string of the molecule is CCN(CC)S(=O)(=O)c1ccc(Nc2ncnc(N3CCCCC3)c2[N+](=O)[O-])cc1. The number of sulfonamides is 1. The van der Waals surface area contributed by atoms with Gasteiger partial charge in [-0.15, -0.1) is 0 Å². The Labute approximate surface area is 176 Å². The molecule has 0 spiro atoms. The van der Waals surface area contributed by atoms with E-state index in [0.717, 1.165) is 32.4 Å². The maximum absolute atomic E-state index is 12.6. The fourth-order valence-electron chi connectivity index (χ4n) is 3.53. The molecule has 10 nitrogen and oxygen atoms in total. The Morgan fingerprint density at radius 3 is 2.30 bits per heavy atom. The Bertz CT molecular complexity index is 987. The third-order valence-electron chi connectivity index (χ3n) is 5.10. The predicted octanol–water partition coefficient (Wildman–Crippen LogP) is 3.15. The summed E-state index contributed by atoms with van der Waals surface area (Å²) < 4.78 is 26.6. The van der Waals surface area contributed by atoms with Crippen LogP contribution in [0.1, 0.15) is 33.1 Å². The second kappa shape index (κ2) is 9.35. The molecule has 1 aromatic carbocycles. The van der Waals surface area contributed by atoms with Crippen molar-refractivity contribution >= 4 is 33.0 Å². The molecule has 0 amide bonds. The first-order valence-electron chi connectivity index (χ1n) is 10.00. The highest BCUT2D eigenvalue weighted by Crippen LogP contribution is 2.34. The van der Waals surface area contributed by atoms with Gasteiger partial charge in [-0.2, -0.15) is 4.31 Å². The van der Waals surface area contributed by atoms with E-state index in [9.17, 15) is 18.5 Å². The minimum Gasteiger partial charge on any atom is -0.351 e. The van der Waals surface area contributed by atoms with Crippen LogP contribution >= 0.6 is 0 Å². The van der Waals surface area contributed by atoms with E-state index >= 15 is 0 Å². The monoisotopic (exact) mass is 434 g/mol. The quantitative estimate of drug-likeness (QED) is 0.497.